The van der Waals surface area contributed by atoms with Crippen LogP contribution < -0.4 is 31.3 Å². The smallest absolute Gasteiger partial charge is 0.297 e. The van der Waals surface area contributed by atoms with Gasteiger partial charge in [0.05, 0.1) is 16.9 Å². The second-order valence-corrected chi connectivity index (χ2v) is 31.7. The Bertz CT molecular complexity index is 3710. The average Bonchev–Trinajstić information content (AvgIpc) is 2.69. The van der Waals surface area contributed by atoms with Crippen LogP contribution in [-0.4, -0.2) is 12.3 Å². The summed E-state index contributed by atoms with van der Waals surface area (Å²) in [6.07, 6.45) is 9.41. The van der Waals surface area contributed by atoms with Crippen molar-refractivity contribution in [3.8, 4) is 0 Å². The van der Waals surface area contributed by atoms with Crippen molar-refractivity contribution in [2.24, 2.45) is 5.41 Å². The van der Waals surface area contributed by atoms with E-state index in [9.17, 15) is 0 Å². The van der Waals surface area contributed by atoms with E-state index >= 15 is 0 Å². The van der Waals surface area contributed by atoms with Crippen molar-refractivity contribution >= 4 is 79.8 Å². The molecule has 6 aliphatic rings. The van der Waals surface area contributed by atoms with Crippen LogP contribution in [0.1, 0.15) is 221 Å². The first-order valence-corrected chi connectivity index (χ1v) is 30.5. The third-order valence-corrected chi connectivity index (χ3v) is 21.9. The van der Waals surface area contributed by atoms with Gasteiger partial charge in [0, 0.05) is 50.6 Å². The molecule has 79 heavy (non-hydrogen) atoms. The third-order valence-electron chi connectivity index (χ3n) is 21.9. The Hall–Kier alpha value is -5.68. The van der Waals surface area contributed by atoms with Gasteiger partial charge in [-0.1, -0.05) is 179 Å². The molecular weight excluding hydrogens is 958 g/mol. The van der Waals surface area contributed by atoms with Crippen LogP contribution in [0.4, 0.5) is 45.5 Å². The Morgan fingerprint density at radius 2 is 1.04 bits per heavy atom. The maximum atomic E-state index is 7.66. The molecule has 0 radical (unpaired) electrons. The van der Waals surface area contributed by atoms with E-state index in [1.165, 1.54) is 138 Å². The normalized spacial score (nSPS) is 23.1. The van der Waals surface area contributed by atoms with Crippen molar-refractivity contribution < 1.29 is 4.42 Å². The van der Waals surface area contributed by atoms with Gasteiger partial charge in [0.1, 0.15) is 5.58 Å². The predicted molar refractivity (Wildman–Crippen MR) is 340 cm³/mol. The lowest BCUT2D eigenvalue weighted by molar-refractivity contribution is 0.0580. The second kappa shape index (κ2) is 16.5. The Labute approximate surface area is 475 Å². The first-order valence-electron chi connectivity index (χ1n) is 30.5. The van der Waals surface area contributed by atoms with Gasteiger partial charge in [0.2, 0.25) is 0 Å². The lowest BCUT2D eigenvalue weighted by Gasteiger charge is -2.58. The molecule has 0 N–H and O–H groups in total. The van der Waals surface area contributed by atoms with Gasteiger partial charge < -0.3 is 19.1 Å². The first kappa shape index (κ1) is 52.7. The van der Waals surface area contributed by atoms with E-state index in [0.717, 1.165) is 30.5 Å². The van der Waals surface area contributed by atoms with Crippen LogP contribution in [0.15, 0.2) is 108 Å². The lowest BCUT2D eigenvalue weighted by Crippen LogP contribution is -2.62. The zero-order valence-corrected chi connectivity index (χ0v) is 51.8. The Kier molecular flexibility index (Phi) is 11.0. The molecule has 0 amide bonds. The van der Waals surface area contributed by atoms with Gasteiger partial charge in [0.25, 0.3) is 6.71 Å². The number of para-hydroxylation sites is 1. The predicted octanol–water partition coefficient (Wildman–Crippen LogP) is 18.9. The highest BCUT2D eigenvalue weighted by molar-refractivity contribution is 7.00. The molecule has 0 saturated heterocycles. The topological polar surface area (TPSA) is 22.9 Å². The minimum atomic E-state index is -0.195. The van der Waals surface area contributed by atoms with E-state index < -0.39 is 0 Å². The third kappa shape index (κ3) is 7.30. The molecule has 0 spiro atoms. The van der Waals surface area contributed by atoms with Gasteiger partial charge in [-0.25, -0.2) is 0 Å². The van der Waals surface area contributed by atoms with Crippen LogP contribution in [0.2, 0.25) is 0 Å². The maximum Gasteiger partial charge on any atom is 0.297 e. The van der Waals surface area contributed by atoms with Crippen molar-refractivity contribution in [2.45, 2.75) is 226 Å². The maximum absolute atomic E-state index is 7.66. The number of rotatable bonds is 3. The molecule has 2 atom stereocenters. The van der Waals surface area contributed by atoms with Crippen LogP contribution in [0, 0.1) is 12.3 Å². The standard InChI is InChI=1S/C74H90BN3O/c1-45-38-53-55(72(17,18)37-36-70(53,13)14)44-59(45)77-58-30-26-47(67(5,6)7)40-56(58)75-63-60(42-49(43-61(63)77)78-57-25-21-20-24-52(57)74(68(8,9)10)33-23-22-32-73(74,78)19)76(48-28-29-51-54(41-48)71(15,16)35-34-69(51,11)12)64-50-39-46(66(2,3)4)27-31-62(50)79-65(64)75/h20-21,24-31,38-44H,22-23,32-37H2,1-19H3. The number of hydrogen-bond acceptors (Lipinski definition) is 4. The summed E-state index contributed by atoms with van der Waals surface area (Å²) in [7, 11) is 0. The SMILES string of the molecule is Cc1cc2c(cc1N1c3ccc(C(C)(C)C)cc3B3c4oc5ccc(C(C)(C)C)cc5c4N(c4ccc5c(c4)C(C)(C)CCC5(C)C)c4cc(N5c6ccccc6C6(C(C)(C)C)CCCCC56C)cc1c43)C(C)(C)CCC2(C)C. The zero-order valence-electron chi connectivity index (χ0n) is 51.8. The summed E-state index contributed by atoms with van der Waals surface area (Å²) >= 11 is 0. The van der Waals surface area contributed by atoms with Crippen molar-refractivity contribution in [1.29, 1.82) is 0 Å². The molecule has 3 aliphatic heterocycles. The summed E-state index contributed by atoms with van der Waals surface area (Å²) in [5.41, 5.74) is 25.9. The van der Waals surface area contributed by atoms with Crippen molar-refractivity contribution in [3.05, 3.63) is 148 Å². The Morgan fingerprint density at radius 3 is 1.68 bits per heavy atom. The number of anilines is 8. The van der Waals surface area contributed by atoms with E-state index in [2.05, 4.69) is 249 Å². The van der Waals surface area contributed by atoms with E-state index in [1.807, 2.05) is 0 Å². The highest BCUT2D eigenvalue weighted by Crippen LogP contribution is 2.68. The van der Waals surface area contributed by atoms with E-state index in [0.29, 0.717) is 0 Å². The Balaban J connectivity index is 1.21. The molecule has 7 aromatic rings. The van der Waals surface area contributed by atoms with Gasteiger partial charge in [-0.05, 0) is 200 Å². The number of benzene rings is 6. The summed E-state index contributed by atoms with van der Waals surface area (Å²) in [4.78, 5) is 8.31. The van der Waals surface area contributed by atoms with Gasteiger partial charge in [-0.3, -0.25) is 0 Å². The van der Waals surface area contributed by atoms with Crippen LogP contribution in [0.5, 0.6) is 0 Å². The molecule has 5 heteroatoms. The fourth-order valence-corrected chi connectivity index (χ4v) is 17.1. The summed E-state index contributed by atoms with van der Waals surface area (Å²) in [5, 5.41) is 1.18. The molecular formula is C74H90BN3O. The number of aryl methyl sites for hydroxylation is 1. The molecule has 1 aromatic heterocycles. The molecule has 410 valence electrons. The molecule has 2 unspecified atom stereocenters. The number of fused-ring (bicyclic) bond motifs is 11. The summed E-state index contributed by atoms with van der Waals surface area (Å²) in [5.74, 6) is 0. The van der Waals surface area contributed by atoms with Crippen molar-refractivity contribution in [3.63, 3.8) is 0 Å². The van der Waals surface area contributed by atoms with Crippen LogP contribution in [0.25, 0.3) is 11.0 Å². The van der Waals surface area contributed by atoms with Gasteiger partial charge >= 0.3 is 0 Å². The van der Waals surface area contributed by atoms with Gasteiger partial charge in [0.15, 0.2) is 0 Å². The quantitative estimate of drug-likeness (QED) is 0.165. The molecule has 4 nitrogen and oxygen atoms in total. The van der Waals surface area contributed by atoms with E-state index in [1.54, 1.807) is 0 Å². The van der Waals surface area contributed by atoms with Crippen LogP contribution in [-0.2, 0) is 37.9 Å². The molecule has 0 bridgehead atoms. The van der Waals surface area contributed by atoms with E-state index in [-0.39, 0.29) is 55.6 Å². The van der Waals surface area contributed by atoms with E-state index in [4.69, 9.17) is 4.42 Å². The average molecular weight is 1050 g/mol. The van der Waals surface area contributed by atoms with Crippen LogP contribution in [0.3, 0.4) is 0 Å². The number of nitrogens with zero attached hydrogens (tertiary/aromatic N) is 3. The molecule has 3 aliphatic carbocycles. The number of furan rings is 1. The van der Waals surface area contributed by atoms with Crippen LogP contribution >= 0.6 is 0 Å². The summed E-state index contributed by atoms with van der Waals surface area (Å²) < 4.78 is 7.66. The van der Waals surface area contributed by atoms with Gasteiger partial charge in [-0.15, -0.1) is 0 Å². The zero-order chi connectivity index (χ0) is 56.3. The molecule has 6 aromatic carbocycles. The second-order valence-electron chi connectivity index (χ2n) is 31.7. The Morgan fingerprint density at radius 1 is 0.468 bits per heavy atom. The molecule has 1 fully saturated rings. The summed E-state index contributed by atoms with van der Waals surface area (Å²) in [6.45, 7) is 46.4. The van der Waals surface area contributed by atoms with Gasteiger partial charge in [-0.2, -0.15) is 0 Å². The minimum absolute atomic E-state index is 0.00225. The minimum Gasteiger partial charge on any atom is -0.468 e. The highest BCUT2D eigenvalue weighted by Gasteiger charge is 2.65. The highest BCUT2D eigenvalue weighted by atomic mass is 16.3. The molecule has 1 saturated carbocycles. The molecule has 4 heterocycles. The summed E-state index contributed by atoms with van der Waals surface area (Å²) in [6, 6.07) is 42.2. The fraction of sp³-hybridized carbons (Fsp3) is 0.486. The van der Waals surface area contributed by atoms with Crippen molar-refractivity contribution in [1.82, 2.24) is 0 Å². The fourth-order valence-electron chi connectivity index (χ4n) is 17.1. The monoisotopic (exact) mass is 1050 g/mol. The van der Waals surface area contributed by atoms with Crippen molar-refractivity contribution in [2.75, 3.05) is 14.7 Å². The first-order chi connectivity index (χ1) is 36.8. The lowest BCUT2D eigenvalue weighted by atomic mass is 9.35. The largest absolute Gasteiger partial charge is 0.468 e. The molecule has 13 rings (SSSR count). The number of hydrogen-bond donors (Lipinski definition) is 0.